The molecule has 0 spiro atoms. The summed E-state index contributed by atoms with van der Waals surface area (Å²) < 4.78 is 1.90. The zero-order valence-corrected chi connectivity index (χ0v) is 7.76. The van der Waals surface area contributed by atoms with Gasteiger partial charge in [-0.25, -0.2) is 4.98 Å². The Kier molecular flexibility index (Phi) is 4.09. The van der Waals surface area contributed by atoms with Gasteiger partial charge in [-0.15, -0.1) is 0 Å². The molecule has 0 aromatic carbocycles. The van der Waals surface area contributed by atoms with Crippen molar-refractivity contribution in [3.05, 3.63) is 18.7 Å². The van der Waals surface area contributed by atoms with Crippen LogP contribution in [-0.2, 0) is 11.3 Å². The fourth-order valence-electron chi connectivity index (χ4n) is 0.972. The van der Waals surface area contributed by atoms with E-state index in [0.717, 1.165) is 6.54 Å². The van der Waals surface area contributed by atoms with Crippen molar-refractivity contribution in [1.82, 2.24) is 14.9 Å². The van der Waals surface area contributed by atoms with Gasteiger partial charge in [0.1, 0.15) is 6.04 Å². The molecule has 0 fully saturated rings. The molecule has 0 amide bonds. The summed E-state index contributed by atoms with van der Waals surface area (Å²) in [5.74, 6) is -0.986. The fourth-order valence-corrected chi connectivity index (χ4v) is 0.972. The Hall–Kier alpha value is -1.40. The summed E-state index contributed by atoms with van der Waals surface area (Å²) in [6.07, 6.45) is 5.25. The SMILES string of the molecule is NC(CNCCn1ccnc1)C(=O)O. The summed E-state index contributed by atoms with van der Waals surface area (Å²) >= 11 is 0. The normalized spacial score (nSPS) is 12.6. The van der Waals surface area contributed by atoms with E-state index < -0.39 is 12.0 Å². The summed E-state index contributed by atoms with van der Waals surface area (Å²) in [6, 6.07) is -0.835. The van der Waals surface area contributed by atoms with E-state index in [-0.39, 0.29) is 6.54 Å². The maximum absolute atomic E-state index is 10.3. The molecule has 1 atom stereocenters. The highest BCUT2D eigenvalue weighted by Gasteiger charge is 2.09. The molecule has 1 rings (SSSR count). The van der Waals surface area contributed by atoms with Crippen molar-refractivity contribution in [2.45, 2.75) is 12.6 Å². The van der Waals surface area contributed by atoms with Crippen molar-refractivity contribution in [3.63, 3.8) is 0 Å². The van der Waals surface area contributed by atoms with E-state index in [1.165, 1.54) is 0 Å². The second-order valence-electron chi connectivity index (χ2n) is 2.95. The number of carboxylic acids is 1. The number of nitrogens with two attached hydrogens (primary N) is 1. The molecule has 0 aliphatic heterocycles. The van der Waals surface area contributed by atoms with Crippen molar-refractivity contribution in [2.75, 3.05) is 13.1 Å². The Balaban J connectivity index is 2.08. The lowest BCUT2D eigenvalue weighted by molar-refractivity contribution is -0.138. The molecule has 1 aromatic rings. The molecule has 4 N–H and O–H groups in total. The number of rotatable bonds is 6. The lowest BCUT2D eigenvalue weighted by atomic mass is 10.3. The lowest BCUT2D eigenvalue weighted by Crippen LogP contribution is -2.41. The summed E-state index contributed by atoms with van der Waals surface area (Å²) in [6.45, 7) is 1.72. The van der Waals surface area contributed by atoms with Gasteiger partial charge in [-0.1, -0.05) is 0 Å². The van der Waals surface area contributed by atoms with Crippen LogP contribution in [-0.4, -0.2) is 39.8 Å². The van der Waals surface area contributed by atoms with Crippen molar-refractivity contribution in [1.29, 1.82) is 0 Å². The van der Waals surface area contributed by atoms with E-state index in [0.29, 0.717) is 6.54 Å². The Bertz CT molecular complexity index is 273. The molecule has 78 valence electrons. The highest BCUT2D eigenvalue weighted by Crippen LogP contribution is 1.83. The zero-order chi connectivity index (χ0) is 10.4. The van der Waals surface area contributed by atoms with E-state index in [4.69, 9.17) is 10.8 Å². The van der Waals surface area contributed by atoms with Crippen LogP contribution < -0.4 is 11.1 Å². The third-order valence-corrected chi connectivity index (χ3v) is 1.79. The molecule has 0 radical (unpaired) electrons. The fraction of sp³-hybridized carbons (Fsp3) is 0.500. The lowest BCUT2D eigenvalue weighted by Gasteiger charge is -2.08. The Morgan fingerprint density at radius 3 is 3.07 bits per heavy atom. The van der Waals surface area contributed by atoms with Crippen LogP contribution in [0, 0.1) is 0 Å². The van der Waals surface area contributed by atoms with Crippen molar-refractivity contribution >= 4 is 5.97 Å². The molecule has 0 saturated carbocycles. The van der Waals surface area contributed by atoms with Crippen LogP contribution in [0.2, 0.25) is 0 Å². The van der Waals surface area contributed by atoms with Crippen molar-refractivity contribution in [3.8, 4) is 0 Å². The summed E-state index contributed by atoms with van der Waals surface area (Å²) in [5.41, 5.74) is 5.29. The van der Waals surface area contributed by atoms with Crippen LogP contribution in [0.5, 0.6) is 0 Å². The third kappa shape index (κ3) is 3.55. The summed E-state index contributed by atoms with van der Waals surface area (Å²) in [5, 5.41) is 11.4. The topological polar surface area (TPSA) is 93.2 Å². The number of hydrogen-bond acceptors (Lipinski definition) is 4. The molecule has 14 heavy (non-hydrogen) atoms. The average Bonchev–Trinajstić information content (AvgIpc) is 2.64. The van der Waals surface area contributed by atoms with Gasteiger partial charge in [0, 0.05) is 32.0 Å². The molecule has 0 saturated heterocycles. The first kappa shape index (κ1) is 10.7. The molecule has 6 heteroatoms. The number of carboxylic acid groups (broad SMARTS) is 1. The minimum absolute atomic E-state index is 0.282. The van der Waals surface area contributed by atoms with Gasteiger partial charge in [0.2, 0.25) is 0 Å². The van der Waals surface area contributed by atoms with E-state index in [1.807, 2.05) is 10.8 Å². The van der Waals surface area contributed by atoms with Gasteiger partial charge < -0.3 is 20.7 Å². The molecule has 1 unspecified atom stereocenters. The monoisotopic (exact) mass is 198 g/mol. The predicted octanol–water partition coefficient (Wildman–Crippen LogP) is -1.12. The highest BCUT2D eigenvalue weighted by atomic mass is 16.4. The summed E-state index contributed by atoms with van der Waals surface area (Å²) in [7, 11) is 0. The van der Waals surface area contributed by atoms with Crippen LogP contribution in [0.15, 0.2) is 18.7 Å². The second-order valence-corrected chi connectivity index (χ2v) is 2.95. The first-order chi connectivity index (χ1) is 6.70. The van der Waals surface area contributed by atoms with Crippen LogP contribution in [0.3, 0.4) is 0 Å². The number of imidazole rings is 1. The molecule has 0 bridgehead atoms. The van der Waals surface area contributed by atoms with Gasteiger partial charge in [0.05, 0.1) is 6.33 Å². The van der Waals surface area contributed by atoms with Gasteiger partial charge in [-0.2, -0.15) is 0 Å². The minimum atomic E-state index is -0.986. The number of nitrogens with zero attached hydrogens (tertiary/aromatic N) is 2. The van der Waals surface area contributed by atoms with Crippen LogP contribution in [0.4, 0.5) is 0 Å². The van der Waals surface area contributed by atoms with E-state index >= 15 is 0 Å². The number of aromatic nitrogens is 2. The molecule has 1 aromatic heterocycles. The van der Waals surface area contributed by atoms with E-state index in [9.17, 15) is 4.79 Å². The van der Waals surface area contributed by atoms with Gasteiger partial charge >= 0.3 is 5.97 Å². The van der Waals surface area contributed by atoms with Gasteiger partial charge in [0.15, 0.2) is 0 Å². The average molecular weight is 198 g/mol. The van der Waals surface area contributed by atoms with Crippen LogP contribution in [0.25, 0.3) is 0 Å². The molecule has 6 nitrogen and oxygen atoms in total. The number of carbonyl (C=O) groups is 1. The zero-order valence-electron chi connectivity index (χ0n) is 7.76. The number of aliphatic carboxylic acids is 1. The number of nitrogens with one attached hydrogen (secondary N) is 1. The maximum Gasteiger partial charge on any atom is 0.321 e. The third-order valence-electron chi connectivity index (χ3n) is 1.79. The van der Waals surface area contributed by atoms with E-state index in [2.05, 4.69) is 10.3 Å². The van der Waals surface area contributed by atoms with Crippen LogP contribution in [0.1, 0.15) is 0 Å². The molecule has 0 aliphatic rings. The minimum Gasteiger partial charge on any atom is -0.480 e. The van der Waals surface area contributed by atoms with Gasteiger partial charge in [-0.05, 0) is 0 Å². The second kappa shape index (κ2) is 5.36. The molecular weight excluding hydrogens is 184 g/mol. The largest absolute Gasteiger partial charge is 0.480 e. The Labute approximate surface area is 81.7 Å². The standard InChI is InChI=1S/C8H14N4O2/c9-7(8(13)14)5-10-1-3-12-4-2-11-6-12/h2,4,6-7,10H,1,3,5,9H2,(H,13,14). The quantitative estimate of drug-likeness (QED) is 0.504. The molecule has 1 heterocycles. The maximum atomic E-state index is 10.3. The van der Waals surface area contributed by atoms with E-state index in [1.54, 1.807) is 12.5 Å². The van der Waals surface area contributed by atoms with Crippen molar-refractivity contribution in [2.24, 2.45) is 5.73 Å². The number of hydrogen-bond donors (Lipinski definition) is 3. The first-order valence-electron chi connectivity index (χ1n) is 4.35. The van der Waals surface area contributed by atoms with Crippen LogP contribution >= 0.6 is 0 Å². The van der Waals surface area contributed by atoms with Crippen molar-refractivity contribution < 1.29 is 9.90 Å². The Morgan fingerprint density at radius 1 is 1.71 bits per heavy atom. The molecule has 0 aliphatic carbocycles. The highest BCUT2D eigenvalue weighted by molar-refractivity contribution is 5.73. The Morgan fingerprint density at radius 2 is 2.50 bits per heavy atom. The molecular formula is C8H14N4O2. The smallest absolute Gasteiger partial charge is 0.321 e. The predicted molar refractivity (Wildman–Crippen MR) is 50.7 cm³/mol. The first-order valence-corrected chi connectivity index (χ1v) is 4.35. The van der Waals surface area contributed by atoms with Gasteiger partial charge in [0.25, 0.3) is 0 Å². The van der Waals surface area contributed by atoms with Gasteiger partial charge in [-0.3, -0.25) is 4.79 Å². The summed E-state index contributed by atoms with van der Waals surface area (Å²) in [4.78, 5) is 14.2.